The predicted octanol–water partition coefficient (Wildman–Crippen LogP) is 0.919. The molecule has 0 radical (unpaired) electrons. The highest BCUT2D eigenvalue weighted by molar-refractivity contribution is 5.83. The van der Waals surface area contributed by atoms with Crippen molar-refractivity contribution < 1.29 is 9.53 Å². The highest BCUT2D eigenvalue weighted by Gasteiger charge is 2.35. The molecule has 54 valence electrons. The van der Waals surface area contributed by atoms with Crippen molar-refractivity contribution in [2.75, 3.05) is 0 Å². The molecule has 1 saturated heterocycles. The van der Waals surface area contributed by atoms with Gasteiger partial charge in [-0.2, -0.15) is 0 Å². The van der Waals surface area contributed by atoms with Crippen molar-refractivity contribution in [3.63, 3.8) is 0 Å². The number of rotatable bonds is 0. The van der Waals surface area contributed by atoms with Gasteiger partial charge in [0.05, 0.1) is 12.2 Å². The van der Waals surface area contributed by atoms with E-state index in [2.05, 4.69) is 0 Å². The predicted molar refractivity (Wildman–Crippen MR) is 36.6 cm³/mol. The van der Waals surface area contributed by atoms with Gasteiger partial charge < -0.3 is 4.74 Å². The third-order valence-electron chi connectivity index (χ3n) is 2.25. The number of carbonyl (C=O) groups excluding carboxylic acids is 1. The lowest BCUT2D eigenvalue weighted by molar-refractivity contribution is -0.135. The molecule has 2 aliphatic rings. The van der Waals surface area contributed by atoms with Crippen LogP contribution in [-0.2, 0) is 9.53 Å². The average molecular weight is 138 g/mol. The minimum Gasteiger partial charge on any atom is -0.366 e. The highest BCUT2D eigenvalue weighted by Crippen LogP contribution is 2.28. The largest absolute Gasteiger partial charge is 0.366 e. The zero-order valence-corrected chi connectivity index (χ0v) is 5.91. The molecule has 2 aliphatic heterocycles. The third kappa shape index (κ3) is 0.721. The molecule has 0 N–H and O–H groups in total. The molecule has 2 bridgehead atoms. The van der Waals surface area contributed by atoms with Crippen LogP contribution in [0, 0.1) is 5.92 Å². The van der Waals surface area contributed by atoms with E-state index in [0.29, 0.717) is 12.2 Å². The summed E-state index contributed by atoms with van der Waals surface area (Å²) in [4.78, 5) is 11.1. The lowest BCUT2D eigenvalue weighted by Crippen LogP contribution is -2.34. The Morgan fingerprint density at radius 2 is 2.40 bits per heavy atom. The molecule has 0 saturated carbocycles. The van der Waals surface area contributed by atoms with Gasteiger partial charge in [-0.25, -0.2) is 0 Å². The molecule has 0 spiro atoms. The quantitative estimate of drug-likeness (QED) is 0.465. The second-order valence-corrected chi connectivity index (χ2v) is 2.98. The Morgan fingerprint density at radius 3 is 3.20 bits per heavy atom. The number of hydrogen-bond acceptors (Lipinski definition) is 2. The van der Waals surface area contributed by atoms with E-state index in [9.17, 15) is 4.79 Å². The van der Waals surface area contributed by atoms with E-state index in [4.69, 9.17) is 4.74 Å². The maximum atomic E-state index is 11.1. The summed E-state index contributed by atoms with van der Waals surface area (Å²) in [6.45, 7) is 1.93. The monoisotopic (exact) mass is 138 g/mol. The Morgan fingerprint density at radius 1 is 1.60 bits per heavy atom. The number of carbonyl (C=O) groups is 1. The van der Waals surface area contributed by atoms with E-state index in [1.54, 1.807) is 0 Å². The molecular formula is C8H10O2. The van der Waals surface area contributed by atoms with Crippen molar-refractivity contribution >= 4 is 5.78 Å². The molecule has 2 heterocycles. The van der Waals surface area contributed by atoms with Gasteiger partial charge in [0.15, 0.2) is 0 Å². The SMILES string of the molecule is C[C@H]1C(=O)C[C@H]2C=C[C@@H]1O2. The van der Waals surface area contributed by atoms with Gasteiger partial charge in [0.2, 0.25) is 0 Å². The number of fused-ring (bicyclic) bond motifs is 2. The van der Waals surface area contributed by atoms with Gasteiger partial charge >= 0.3 is 0 Å². The van der Waals surface area contributed by atoms with Crippen molar-refractivity contribution in [3.8, 4) is 0 Å². The van der Waals surface area contributed by atoms with Crippen LogP contribution in [0.15, 0.2) is 12.2 Å². The van der Waals surface area contributed by atoms with Gasteiger partial charge in [0.25, 0.3) is 0 Å². The van der Waals surface area contributed by atoms with Crippen molar-refractivity contribution in [2.45, 2.75) is 25.6 Å². The van der Waals surface area contributed by atoms with Crippen molar-refractivity contribution in [1.82, 2.24) is 0 Å². The van der Waals surface area contributed by atoms with E-state index < -0.39 is 0 Å². The normalized spacial score (nSPS) is 44.5. The van der Waals surface area contributed by atoms with Crippen LogP contribution in [0.2, 0.25) is 0 Å². The molecule has 2 heteroatoms. The first-order valence-corrected chi connectivity index (χ1v) is 3.64. The minimum atomic E-state index is 0.0752. The first kappa shape index (κ1) is 6.10. The molecule has 0 amide bonds. The first-order chi connectivity index (χ1) is 4.77. The standard InChI is InChI=1S/C8H10O2/c1-5-7(9)4-6-2-3-8(5)10-6/h2-3,5-6,8H,4H2,1H3/t5-,6+,8-/m0/s1. The van der Waals surface area contributed by atoms with Crippen LogP contribution in [-0.4, -0.2) is 18.0 Å². The van der Waals surface area contributed by atoms with Gasteiger partial charge in [-0.1, -0.05) is 19.1 Å². The summed E-state index contributed by atoms with van der Waals surface area (Å²) in [5.41, 5.74) is 0. The fourth-order valence-corrected chi connectivity index (χ4v) is 1.49. The molecule has 0 aromatic heterocycles. The van der Waals surface area contributed by atoms with Gasteiger partial charge in [0.1, 0.15) is 5.78 Å². The molecule has 2 nitrogen and oxygen atoms in total. The van der Waals surface area contributed by atoms with Crippen LogP contribution in [0.1, 0.15) is 13.3 Å². The average Bonchev–Trinajstić information content (AvgIpc) is 2.29. The Bertz CT molecular complexity index is 195. The summed E-state index contributed by atoms with van der Waals surface area (Å²) >= 11 is 0. The number of Topliss-reactive ketones (excluding diaryl/α,β-unsaturated/α-hetero) is 1. The Kier molecular flexibility index (Phi) is 1.17. The molecule has 1 fully saturated rings. The maximum absolute atomic E-state index is 11.1. The second kappa shape index (κ2) is 1.92. The molecule has 0 aromatic carbocycles. The topological polar surface area (TPSA) is 26.3 Å². The maximum Gasteiger partial charge on any atom is 0.141 e. The third-order valence-corrected chi connectivity index (χ3v) is 2.25. The van der Waals surface area contributed by atoms with E-state index >= 15 is 0 Å². The number of ether oxygens (including phenoxy) is 1. The smallest absolute Gasteiger partial charge is 0.141 e. The minimum absolute atomic E-state index is 0.0752. The fourth-order valence-electron chi connectivity index (χ4n) is 1.49. The Hall–Kier alpha value is -0.630. The van der Waals surface area contributed by atoms with E-state index in [1.165, 1.54) is 0 Å². The van der Waals surface area contributed by atoms with Crippen LogP contribution >= 0.6 is 0 Å². The van der Waals surface area contributed by atoms with Gasteiger partial charge in [-0.3, -0.25) is 4.79 Å². The van der Waals surface area contributed by atoms with Crippen LogP contribution in [0.4, 0.5) is 0 Å². The molecule has 0 aliphatic carbocycles. The summed E-state index contributed by atoms with van der Waals surface area (Å²) in [5, 5.41) is 0. The van der Waals surface area contributed by atoms with Crippen molar-refractivity contribution in [1.29, 1.82) is 0 Å². The number of ketones is 1. The Balaban J connectivity index is 2.23. The lowest BCUT2D eigenvalue weighted by atomic mass is 9.96. The number of hydrogen-bond donors (Lipinski definition) is 0. The first-order valence-electron chi connectivity index (χ1n) is 3.64. The van der Waals surface area contributed by atoms with E-state index in [1.807, 2.05) is 19.1 Å². The molecular weight excluding hydrogens is 128 g/mol. The highest BCUT2D eigenvalue weighted by atomic mass is 16.5. The summed E-state index contributed by atoms with van der Waals surface area (Å²) in [6, 6.07) is 0. The van der Waals surface area contributed by atoms with E-state index in [-0.39, 0.29) is 18.1 Å². The molecule has 0 aromatic rings. The molecule has 3 atom stereocenters. The molecule has 2 rings (SSSR count). The Labute approximate surface area is 59.9 Å². The van der Waals surface area contributed by atoms with Crippen LogP contribution in [0.5, 0.6) is 0 Å². The zero-order chi connectivity index (χ0) is 7.14. The van der Waals surface area contributed by atoms with Crippen LogP contribution in [0.3, 0.4) is 0 Å². The molecule has 10 heavy (non-hydrogen) atoms. The summed E-state index contributed by atoms with van der Waals surface area (Å²) in [6.07, 6.45) is 4.74. The van der Waals surface area contributed by atoms with Crippen molar-refractivity contribution in [2.24, 2.45) is 5.92 Å². The zero-order valence-electron chi connectivity index (χ0n) is 5.91. The second-order valence-electron chi connectivity index (χ2n) is 2.98. The fraction of sp³-hybridized carbons (Fsp3) is 0.625. The van der Waals surface area contributed by atoms with Crippen LogP contribution in [0.25, 0.3) is 0 Å². The van der Waals surface area contributed by atoms with Crippen LogP contribution < -0.4 is 0 Å². The van der Waals surface area contributed by atoms with Crippen molar-refractivity contribution in [3.05, 3.63) is 12.2 Å². The van der Waals surface area contributed by atoms with Gasteiger partial charge in [0, 0.05) is 12.3 Å². The van der Waals surface area contributed by atoms with Gasteiger partial charge in [-0.05, 0) is 0 Å². The molecule has 0 unspecified atom stereocenters. The summed E-state index contributed by atoms with van der Waals surface area (Å²) < 4.78 is 5.45. The van der Waals surface area contributed by atoms with E-state index in [0.717, 1.165) is 0 Å². The summed E-state index contributed by atoms with van der Waals surface area (Å²) in [5.74, 6) is 0.418. The lowest BCUT2D eigenvalue weighted by Gasteiger charge is -2.24. The van der Waals surface area contributed by atoms with Gasteiger partial charge in [-0.15, -0.1) is 0 Å². The summed E-state index contributed by atoms with van der Waals surface area (Å²) in [7, 11) is 0.